The molecule has 17 nitrogen and oxygen atoms in total. The number of anilines is 1. The Morgan fingerprint density at radius 1 is 0.890 bits per heavy atom. The molecule has 0 radical (unpaired) electrons. The fraction of sp³-hybridized carbons (Fsp3) is 0.625. The van der Waals surface area contributed by atoms with E-state index < -0.39 is 54.1 Å². The van der Waals surface area contributed by atoms with Gasteiger partial charge in [-0.2, -0.15) is 0 Å². The van der Waals surface area contributed by atoms with Crippen molar-refractivity contribution in [1.29, 1.82) is 0 Å². The standard InChI is InChI=1S/C56H82N8O9/c1-9-36(4)51(62(6)56(71)49(35(2)3)61-55(70)50-42-31-40(42)34-58-50)45(72-7)32-48(67)64-29-16-20-44(64)52(73-8)37(5)53(68)60-43(30-38-18-12-10-13-19-38)54(69)59-41-25-23-39(24-26-41)33-57-46(65)21-14-11-15-27-63-28-17-22-47(63)66/h10,12-13,17-19,22-26,35-37,40,42-45,49-52,58H,9,11,14-16,20-21,27-34H2,1-8H3,(H,57,65)(H,59,69)(H,60,68)(H,61,70)/t36-,37+,40?,42?,43-,44-,45+,49-,50-,51-,52+/m0/s1. The number of methoxy groups -OCH3 is 2. The molecular formula is C56H82N8O9. The largest absolute Gasteiger partial charge is 0.379 e. The minimum Gasteiger partial charge on any atom is -0.379 e. The summed E-state index contributed by atoms with van der Waals surface area (Å²) in [5, 5.41) is 15.3. The number of ether oxygens (including phenoxy) is 2. The van der Waals surface area contributed by atoms with E-state index in [-0.39, 0.29) is 60.3 Å². The highest BCUT2D eigenvalue weighted by Crippen LogP contribution is 2.45. The van der Waals surface area contributed by atoms with Gasteiger partial charge >= 0.3 is 0 Å². The fourth-order valence-electron chi connectivity index (χ4n) is 10.9. The number of piperidine rings is 1. The summed E-state index contributed by atoms with van der Waals surface area (Å²) in [7, 11) is 4.83. The van der Waals surface area contributed by atoms with Crippen molar-refractivity contribution in [3.05, 3.63) is 77.9 Å². The van der Waals surface area contributed by atoms with Crippen molar-refractivity contribution in [3.8, 4) is 0 Å². The minimum absolute atomic E-state index is 0.0114. The van der Waals surface area contributed by atoms with E-state index in [9.17, 15) is 33.6 Å². The second-order valence-corrected chi connectivity index (χ2v) is 21.1. The number of nitrogens with zero attached hydrogens (tertiary/aromatic N) is 3. The van der Waals surface area contributed by atoms with Gasteiger partial charge in [0.2, 0.25) is 41.4 Å². The first-order valence-electron chi connectivity index (χ1n) is 26.7. The molecule has 17 heteroatoms. The summed E-state index contributed by atoms with van der Waals surface area (Å²) in [6.45, 7) is 12.6. The maximum atomic E-state index is 14.5. The van der Waals surface area contributed by atoms with Gasteiger partial charge in [0.25, 0.3) is 0 Å². The molecule has 3 aliphatic heterocycles. The first-order valence-corrected chi connectivity index (χ1v) is 26.7. The second kappa shape index (κ2) is 27.0. The number of unbranched alkanes of at least 4 members (excludes halogenated alkanes) is 2. The third-order valence-corrected chi connectivity index (χ3v) is 15.6. The number of carbonyl (C=O) groups excluding carboxylic acids is 7. The molecule has 11 atom stereocenters. The third-order valence-electron chi connectivity index (χ3n) is 15.6. The van der Waals surface area contributed by atoms with E-state index >= 15 is 0 Å². The van der Waals surface area contributed by atoms with Gasteiger partial charge in [0, 0.05) is 72.1 Å². The van der Waals surface area contributed by atoms with Crippen molar-refractivity contribution in [2.24, 2.45) is 29.6 Å². The van der Waals surface area contributed by atoms with Crippen LogP contribution >= 0.6 is 0 Å². The molecule has 1 saturated carbocycles. The van der Waals surface area contributed by atoms with Gasteiger partial charge in [-0.3, -0.25) is 33.6 Å². The van der Waals surface area contributed by atoms with Gasteiger partial charge in [0.15, 0.2) is 0 Å². The molecule has 0 spiro atoms. The summed E-state index contributed by atoms with van der Waals surface area (Å²) in [5.74, 6) is -1.50. The number of nitrogens with one attached hydrogen (secondary N) is 5. The van der Waals surface area contributed by atoms with E-state index in [1.807, 2.05) is 76.2 Å². The lowest BCUT2D eigenvalue weighted by atomic mass is 9.89. The van der Waals surface area contributed by atoms with Crippen molar-refractivity contribution in [3.63, 3.8) is 0 Å². The van der Waals surface area contributed by atoms with Crippen LogP contribution in [0.15, 0.2) is 66.7 Å². The van der Waals surface area contributed by atoms with E-state index in [4.69, 9.17) is 9.47 Å². The molecule has 2 unspecified atom stereocenters. The van der Waals surface area contributed by atoms with Crippen LogP contribution in [0.5, 0.6) is 0 Å². The predicted molar refractivity (Wildman–Crippen MR) is 279 cm³/mol. The molecule has 2 saturated heterocycles. The van der Waals surface area contributed by atoms with E-state index in [1.165, 1.54) is 7.11 Å². The molecule has 400 valence electrons. The number of amides is 7. The normalized spacial score (nSPS) is 21.9. The first kappa shape index (κ1) is 56.6. The Labute approximate surface area is 432 Å². The first-order chi connectivity index (χ1) is 35.0. The molecule has 0 bridgehead atoms. The van der Waals surface area contributed by atoms with Crippen molar-refractivity contribution < 1.29 is 43.0 Å². The van der Waals surface area contributed by atoms with Crippen molar-refractivity contribution in [1.82, 2.24) is 36.0 Å². The highest BCUT2D eigenvalue weighted by atomic mass is 16.5. The summed E-state index contributed by atoms with van der Waals surface area (Å²) in [6, 6.07) is 13.7. The topological polar surface area (TPSA) is 208 Å². The summed E-state index contributed by atoms with van der Waals surface area (Å²) < 4.78 is 12.1. The van der Waals surface area contributed by atoms with E-state index in [2.05, 4.69) is 26.6 Å². The van der Waals surface area contributed by atoms with E-state index in [1.54, 1.807) is 54.0 Å². The number of likely N-dealkylation sites (N-methyl/N-ethyl adjacent to an activating group) is 1. The third kappa shape index (κ3) is 15.2. The zero-order valence-corrected chi connectivity index (χ0v) is 44.4. The van der Waals surface area contributed by atoms with Gasteiger partial charge in [-0.15, -0.1) is 0 Å². The Hall–Kier alpha value is -5.65. The molecule has 7 amide bonds. The fourth-order valence-corrected chi connectivity index (χ4v) is 10.9. The van der Waals surface area contributed by atoms with Crippen LogP contribution in [0.1, 0.15) is 104 Å². The predicted octanol–water partition coefficient (Wildman–Crippen LogP) is 4.60. The number of hydrogen-bond donors (Lipinski definition) is 5. The molecule has 0 aromatic heterocycles. The van der Waals surface area contributed by atoms with Gasteiger partial charge in [0.1, 0.15) is 12.1 Å². The van der Waals surface area contributed by atoms with Crippen molar-refractivity contribution >= 4 is 47.0 Å². The Balaban J connectivity index is 1.04. The zero-order valence-electron chi connectivity index (χ0n) is 44.4. The molecule has 3 fully saturated rings. The molecular weight excluding hydrogens is 929 g/mol. The SMILES string of the molecule is CC[C@H](C)[C@@H]([C@@H](CC(=O)N1CCC[C@H]1[C@H](OC)[C@@H](C)C(=O)N[C@@H](Cc1ccccc1)C(=O)Nc1ccc(CNC(=O)CCCCCN2CC=CC2=O)cc1)OC)N(C)C(=O)[C@@H](NC(=O)[C@H]1NCC2CC21)C(C)C. The lowest BCUT2D eigenvalue weighted by Gasteiger charge is -2.41. The molecule has 73 heavy (non-hydrogen) atoms. The maximum absolute atomic E-state index is 14.5. The highest BCUT2D eigenvalue weighted by molar-refractivity contribution is 5.98. The van der Waals surface area contributed by atoms with Crippen molar-refractivity contribution in [2.45, 2.75) is 148 Å². The smallest absolute Gasteiger partial charge is 0.247 e. The quantitative estimate of drug-likeness (QED) is 0.0750. The number of likely N-dealkylation sites (tertiary alicyclic amines) is 1. The van der Waals surface area contributed by atoms with Gasteiger partial charge in [-0.25, -0.2) is 0 Å². The van der Waals surface area contributed by atoms with Crippen LogP contribution in [0.3, 0.4) is 0 Å². The molecule has 1 aliphatic carbocycles. The maximum Gasteiger partial charge on any atom is 0.247 e. The second-order valence-electron chi connectivity index (χ2n) is 21.1. The summed E-state index contributed by atoms with van der Waals surface area (Å²) in [4.78, 5) is 100. The van der Waals surface area contributed by atoms with Crippen LogP contribution in [-0.2, 0) is 56.0 Å². The van der Waals surface area contributed by atoms with Gasteiger partial charge in [-0.1, -0.05) is 96.0 Å². The van der Waals surface area contributed by atoms with Crippen LogP contribution in [0.4, 0.5) is 5.69 Å². The van der Waals surface area contributed by atoms with Gasteiger partial charge in [0.05, 0.1) is 42.7 Å². The van der Waals surface area contributed by atoms with Gasteiger partial charge in [-0.05, 0) is 85.6 Å². The Morgan fingerprint density at radius 2 is 1.63 bits per heavy atom. The molecule has 2 aromatic rings. The number of fused-ring (bicyclic) bond motifs is 1. The molecule has 3 heterocycles. The monoisotopic (exact) mass is 1010 g/mol. The molecule has 4 aliphatic rings. The Kier molecular flexibility index (Phi) is 21.0. The van der Waals surface area contributed by atoms with Crippen molar-refractivity contribution in [2.75, 3.05) is 52.8 Å². The molecule has 5 N–H and O–H groups in total. The average molecular weight is 1010 g/mol. The van der Waals surface area contributed by atoms with Gasteiger partial charge < -0.3 is 50.8 Å². The number of benzene rings is 2. The molecule has 6 rings (SSSR count). The van der Waals surface area contributed by atoms with E-state index in [0.29, 0.717) is 63.0 Å². The summed E-state index contributed by atoms with van der Waals surface area (Å²) in [5.41, 5.74) is 2.25. The summed E-state index contributed by atoms with van der Waals surface area (Å²) in [6.07, 6.45) is 8.20. The average Bonchev–Trinajstić information content (AvgIpc) is 3.64. The molecule has 2 aromatic carbocycles. The number of hydrogen-bond acceptors (Lipinski definition) is 10. The zero-order chi connectivity index (χ0) is 52.8. The van der Waals surface area contributed by atoms with Crippen LogP contribution in [0, 0.1) is 29.6 Å². The lowest BCUT2D eigenvalue weighted by molar-refractivity contribution is -0.147. The Morgan fingerprint density at radius 3 is 2.25 bits per heavy atom. The Bertz CT molecular complexity index is 2230. The lowest BCUT2D eigenvalue weighted by Crippen LogP contribution is -2.59. The van der Waals surface area contributed by atoms with Crippen LogP contribution in [-0.4, -0.2) is 146 Å². The minimum atomic E-state index is -0.948. The van der Waals surface area contributed by atoms with E-state index in [0.717, 1.165) is 49.8 Å². The van der Waals surface area contributed by atoms with Crippen LogP contribution < -0.4 is 26.6 Å². The highest BCUT2D eigenvalue weighted by Gasteiger charge is 2.52. The number of rotatable bonds is 28. The van der Waals surface area contributed by atoms with Crippen LogP contribution in [0.25, 0.3) is 0 Å². The number of carbonyl (C=O) groups is 7. The summed E-state index contributed by atoms with van der Waals surface area (Å²) >= 11 is 0. The van der Waals surface area contributed by atoms with Crippen LogP contribution in [0.2, 0.25) is 0 Å².